The Balaban J connectivity index is 1.91. The maximum atomic E-state index is 12.1. The summed E-state index contributed by atoms with van der Waals surface area (Å²) in [4.78, 5) is 0. The predicted molar refractivity (Wildman–Crippen MR) is 64.8 cm³/mol. The van der Waals surface area contributed by atoms with Crippen LogP contribution in [0.25, 0.3) is 0 Å². The molecule has 2 fully saturated rings. The van der Waals surface area contributed by atoms with Crippen molar-refractivity contribution in [3.63, 3.8) is 0 Å². The monoisotopic (exact) mass is 246 g/mol. The molecule has 1 aliphatic carbocycles. The summed E-state index contributed by atoms with van der Waals surface area (Å²) in [5.74, 6) is 0.794. The summed E-state index contributed by atoms with van der Waals surface area (Å²) in [5, 5.41) is 3.15. The van der Waals surface area contributed by atoms with Gasteiger partial charge < -0.3 is 5.32 Å². The molecule has 1 saturated carbocycles. The van der Waals surface area contributed by atoms with Crippen molar-refractivity contribution in [1.29, 1.82) is 0 Å². The third-order valence-electron chi connectivity index (χ3n) is 3.87. The summed E-state index contributed by atoms with van der Waals surface area (Å²) in [7, 11) is -1.09. The van der Waals surface area contributed by atoms with E-state index in [0.29, 0.717) is 30.8 Å². The summed E-state index contributed by atoms with van der Waals surface area (Å²) in [5.41, 5.74) is 0. The van der Waals surface area contributed by atoms with Crippen LogP contribution in [0.5, 0.6) is 0 Å². The zero-order chi connectivity index (χ0) is 11.6. The highest BCUT2D eigenvalue weighted by Gasteiger charge is 2.32. The van der Waals surface area contributed by atoms with Crippen LogP contribution in [-0.4, -0.2) is 44.7 Å². The number of hydrogen-bond donors (Lipinski definition) is 1. The zero-order valence-corrected chi connectivity index (χ0v) is 10.8. The van der Waals surface area contributed by atoms with Gasteiger partial charge in [0.15, 0.2) is 0 Å². The standard InChI is InChI=1S/C11H22N2O2S/c1-12-11-6-7-13(8-11)16(14,15)9-10-4-2-3-5-10/h10-12H,2-9H2,1H3. The van der Waals surface area contributed by atoms with Gasteiger partial charge in [-0.15, -0.1) is 0 Å². The van der Waals surface area contributed by atoms with E-state index >= 15 is 0 Å². The van der Waals surface area contributed by atoms with Gasteiger partial charge in [-0.05, 0) is 32.2 Å². The molecule has 94 valence electrons. The van der Waals surface area contributed by atoms with E-state index in [1.165, 1.54) is 12.8 Å². The molecule has 1 N–H and O–H groups in total. The van der Waals surface area contributed by atoms with E-state index in [-0.39, 0.29) is 0 Å². The lowest BCUT2D eigenvalue weighted by molar-refractivity contribution is 0.452. The maximum Gasteiger partial charge on any atom is 0.214 e. The molecule has 1 saturated heterocycles. The molecular formula is C11H22N2O2S. The molecule has 0 bridgehead atoms. The molecule has 0 aromatic carbocycles. The second kappa shape index (κ2) is 5.02. The molecule has 5 heteroatoms. The molecule has 0 amide bonds. The number of sulfonamides is 1. The Morgan fingerprint density at radius 2 is 1.94 bits per heavy atom. The summed E-state index contributed by atoms with van der Waals surface area (Å²) in [6, 6.07) is 0.346. The molecule has 16 heavy (non-hydrogen) atoms. The minimum Gasteiger partial charge on any atom is -0.316 e. The van der Waals surface area contributed by atoms with Gasteiger partial charge in [-0.3, -0.25) is 0 Å². The van der Waals surface area contributed by atoms with E-state index < -0.39 is 10.0 Å². The minimum absolute atomic E-state index is 0.346. The van der Waals surface area contributed by atoms with Crippen LogP contribution in [0.1, 0.15) is 32.1 Å². The molecule has 4 nitrogen and oxygen atoms in total. The zero-order valence-electron chi connectivity index (χ0n) is 9.98. The first-order chi connectivity index (χ1) is 7.62. The largest absolute Gasteiger partial charge is 0.316 e. The van der Waals surface area contributed by atoms with Crippen LogP contribution >= 0.6 is 0 Å². The van der Waals surface area contributed by atoms with Crippen LogP contribution in [0.15, 0.2) is 0 Å². The van der Waals surface area contributed by atoms with Gasteiger partial charge in [-0.2, -0.15) is 0 Å². The first kappa shape index (κ1) is 12.3. The summed E-state index contributed by atoms with van der Waals surface area (Å²) < 4.78 is 26.0. The molecule has 0 radical (unpaired) electrons. The number of nitrogens with one attached hydrogen (secondary N) is 1. The summed E-state index contributed by atoms with van der Waals surface area (Å²) in [6.07, 6.45) is 5.56. The second-order valence-electron chi connectivity index (χ2n) is 5.06. The van der Waals surface area contributed by atoms with Crippen LogP contribution in [0.2, 0.25) is 0 Å². The minimum atomic E-state index is -2.99. The van der Waals surface area contributed by atoms with Crippen molar-refractivity contribution in [1.82, 2.24) is 9.62 Å². The van der Waals surface area contributed by atoms with Crippen molar-refractivity contribution in [2.45, 2.75) is 38.1 Å². The van der Waals surface area contributed by atoms with Crippen LogP contribution in [0, 0.1) is 5.92 Å². The Labute approximate surface area is 98.4 Å². The van der Waals surface area contributed by atoms with E-state index in [2.05, 4.69) is 5.32 Å². The van der Waals surface area contributed by atoms with Crippen LogP contribution in [-0.2, 0) is 10.0 Å². The third kappa shape index (κ3) is 2.76. The molecule has 1 unspecified atom stereocenters. The summed E-state index contributed by atoms with van der Waals surface area (Å²) >= 11 is 0. The smallest absolute Gasteiger partial charge is 0.214 e. The molecule has 1 heterocycles. The quantitative estimate of drug-likeness (QED) is 0.798. The molecule has 1 atom stereocenters. The molecule has 0 aromatic heterocycles. The molecule has 1 aliphatic heterocycles. The molecular weight excluding hydrogens is 224 g/mol. The Bertz CT molecular complexity index is 323. The Morgan fingerprint density at radius 3 is 2.50 bits per heavy atom. The molecule has 2 rings (SSSR count). The first-order valence-corrected chi connectivity index (χ1v) is 7.88. The lowest BCUT2D eigenvalue weighted by Crippen LogP contribution is -2.36. The van der Waals surface area contributed by atoms with Crippen molar-refractivity contribution in [2.75, 3.05) is 25.9 Å². The van der Waals surface area contributed by atoms with E-state index in [4.69, 9.17) is 0 Å². The normalized spacial score (nSPS) is 28.9. The maximum absolute atomic E-state index is 12.1. The van der Waals surface area contributed by atoms with Crippen molar-refractivity contribution in [2.24, 2.45) is 5.92 Å². The van der Waals surface area contributed by atoms with E-state index in [0.717, 1.165) is 19.3 Å². The van der Waals surface area contributed by atoms with Crippen molar-refractivity contribution in [3.8, 4) is 0 Å². The first-order valence-electron chi connectivity index (χ1n) is 6.27. The van der Waals surface area contributed by atoms with Gasteiger partial charge in [0.1, 0.15) is 0 Å². The second-order valence-corrected chi connectivity index (χ2v) is 7.07. The lowest BCUT2D eigenvalue weighted by atomic mass is 10.1. The van der Waals surface area contributed by atoms with Gasteiger partial charge in [0.05, 0.1) is 5.75 Å². The van der Waals surface area contributed by atoms with Crippen molar-refractivity contribution >= 4 is 10.0 Å². The average molecular weight is 246 g/mol. The van der Waals surface area contributed by atoms with Crippen LogP contribution in [0.3, 0.4) is 0 Å². The highest BCUT2D eigenvalue weighted by atomic mass is 32.2. The fourth-order valence-corrected chi connectivity index (χ4v) is 4.73. The topological polar surface area (TPSA) is 49.4 Å². The van der Waals surface area contributed by atoms with Gasteiger partial charge in [-0.25, -0.2) is 12.7 Å². The van der Waals surface area contributed by atoms with Crippen LogP contribution in [0.4, 0.5) is 0 Å². The van der Waals surface area contributed by atoms with Gasteiger partial charge in [0.25, 0.3) is 0 Å². The fourth-order valence-electron chi connectivity index (χ4n) is 2.80. The lowest BCUT2D eigenvalue weighted by Gasteiger charge is -2.18. The summed E-state index contributed by atoms with van der Waals surface area (Å²) in [6.45, 7) is 1.35. The van der Waals surface area contributed by atoms with E-state index in [1.807, 2.05) is 7.05 Å². The fraction of sp³-hybridized carbons (Fsp3) is 1.00. The predicted octanol–water partition coefficient (Wildman–Crippen LogP) is 0.800. The van der Waals surface area contributed by atoms with E-state index in [9.17, 15) is 8.42 Å². The molecule has 2 aliphatic rings. The molecule has 0 spiro atoms. The van der Waals surface area contributed by atoms with Crippen molar-refractivity contribution < 1.29 is 8.42 Å². The Hall–Kier alpha value is -0.130. The van der Waals surface area contributed by atoms with Gasteiger partial charge in [-0.1, -0.05) is 12.8 Å². The van der Waals surface area contributed by atoms with Gasteiger partial charge in [0, 0.05) is 19.1 Å². The highest BCUT2D eigenvalue weighted by Crippen LogP contribution is 2.27. The Kier molecular flexibility index (Phi) is 3.87. The molecule has 0 aromatic rings. The van der Waals surface area contributed by atoms with Gasteiger partial charge >= 0.3 is 0 Å². The number of nitrogens with zero attached hydrogens (tertiary/aromatic N) is 1. The van der Waals surface area contributed by atoms with Gasteiger partial charge in [0.2, 0.25) is 10.0 Å². The Morgan fingerprint density at radius 1 is 1.25 bits per heavy atom. The van der Waals surface area contributed by atoms with Crippen LogP contribution < -0.4 is 5.32 Å². The number of rotatable bonds is 4. The van der Waals surface area contributed by atoms with E-state index in [1.54, 1.807) is 4.31 Å². The van der Waals surface area contributed by atoms with Crippen molar-refractivity contribution in [3.05, 3.63) is 0 Å². The number of likely N-dealkylation sites (N-methyl/N-ethyl adjacent to an activating group) is 1. The SMILES string of the molecule is CNC1CCN(S(=O)(=O)CC2CCCC2)C1. The third-order valence-corrected chi connectivity index (χ3v) is 5.88. The number of hydrogen-bond acceptors (Lipinski definition) is 3. The highest BCUT2D eigenvalue weighted by molar-refractivity contribution is 7.89. The average Bonchev–Trinajstić information content (AvgIpc) is 2.85.